The fraction of sp³-hybridized carbons (Fsp3) is 0.857. The van der Waals surface area contributed by atoms with E-state index in [9.17, 15) is 9.59 Å². The second-order valence-electron chi connectivity index (χ2n) is 6.12. The molecule has 0 saturated heterocycles. The van der Waals surface area contributed by atoms with Gasteiger partial charge < -0.3 is 4.79 Å². The fourth-order valence-corrected chi connectivity index (χ4v) is 0.866. The zero-order valence-corrected chi connectivity index (χ0v) is 17.3. The van der Waals surface area contributed by atoms with E-state index in [-0.39, 0.29) is 82.4 Å². The molecule has 0 bridgehead atoms. The van der Waals surface area contributed by atoms with Crippen LogP contribution in [0.15, 0.2) is 0 Å². The van der Waals surface area contributed by atoms with Crippen LogP contribution in [0.1, 0.15) is 62.8 Å². The van der Waals surface area contributed by atoms with Crippen LogP contribution in [0.25, 0.3) is 0 Å². The van der Waals surface area contributed by atoms with Gasteiger partial charge in [-0.3, -0.25) is 11.1 Å². The van der Waals surface area contributed by atoms with Crippen LogP contribution in [0.3, 0.4) is 0 Å². The Kier molecular flexibility index (Phi) is 17.3. The van der Waals surface area contributed by atoms with Crippen LogP contribution >= 0.6 is 0 Å². The Balaban J connectivity index is -0.0000000945. The molecule has 0 heterocycles. The van der Waals surface area contributed by atoms with Gasteiger partial charge in [-0.1, -0.05) is 62.8 Å². The predicted molar refractivity (Wildman–Crippen MR) is 71.2 cm³/mol. The van der Waals surface area contributed by atoms with Gasteiger partial charge >= 0.3 is 58.2 Å². The van der Waals surface area contributed by atoms with Gasteiger partial charge in [0.25, 0.3) is 0 Å². The average molecular weight is 315 g/mol. The molecule has 0 atom stereocenters. The second kappa shape index (κ2) is 11.0. The molecule has 0 radical (unpaired) electrons. The first-order valence-corrected chi connectivity index (χ1v) is 5.35. The van der Waals surface area contributed by atoms with Crippen molar-refractivity contribution in [2.24, 2.45) is 16.7 Å². The Labute approximate surface area is 157 Å². The third kappa shape index (κ3) is 19.7. The molecule has 0 aliphatic rings. The van der Waals surface area contributed by atoms with Crippen molar-refractivity contribution in [3.63, 3.8) is 0 Å². The standard InChI is InChI=1S/C8H16O.C5H9O.CH4.Rb/c1-6(2)7(9)8(3,4)5;1-5(2,3)4-6;;/h6H,1-5H3;1-3H3;1H4;/q;-1;;+1. The number of rotatable bonds is 1. The summed E-state index contributed by atoms with van der Waals surface area (Å²) in [6.07, 6.45) is 1.85. The van der Waals surface area contributed by atoms with Crippen molar-refractivity contribution in [3.8, 4) is 0 Å². The van der Waals surface area contributed by atoms with Crippen LogP contribution < -0.4 is 58.2 Å². The van der Waals surface area contributed by atoms with Gasteiger partial charge in [0, 0.05) is 11.3 Å². The summed E-state index contributed by atoms with van der Waals surface area (Å²) in [7, 11) is 0. The molecule has 98 valence electrons. The van der Waals surface area contributed by atoms with E-state index in [1.54, 1.807) is 0 Å². The Bertz CT molecular complexity index is 207. The van der Waals surface area contributed by atoms with Crippen LogP contribution in [-0.4, -0.2) is 12.1 Å². The van der Waals surface area contributed by atoms with Crippen molar-refractivity contribution < 1.29 is 67.8 Å². The summed E-state index contributed by atoms with van der Waals surface area (Å²) < 4.78 is 0. The number of carbonyl (C=O) groups excluding carboxylic acids is 2. The largest absolute Gasteiger partial charge is 1.00 e. The van der Waals surface area contributed by atoms with E-state index in [0.29, 0.717) is 5.78 Å². The maximum Gasteiger partial charge on any atom is 1.00 e. The van der Waals surface area contributed by atoms with Crippen molar-refractivity contribution in [3.05, 3.63) is 0 Å². The van der Waals surface area contributed by atoms with E-state index < -0.39 is 0 Å². The van der Waals surface area contributed by atoms with E-state index >= 15 is 0 Å². The van der Waals surface area contributed by atoms with Gasteiger partial charge in [0.05, 0.1) is 0 Å². The summed E-state index contributed by atoms with van der Waals surface area (Å²) in [5.74, 6) is 0.507. The van der Waals surface area contributed by atoms with E-state index in [1.165, 1.54) is 0 Å². The average Bonchev–Trinajstić information content (AvgIpc) is 2.01. The molecule has 3 heteroatoms. The minimum Gasteiger partial charge on any atom is -0.541 e. The first kappa shape index (κ1) is 26.7. The van der Waals surface area contributed by atoms with Crippen molar-refractivity contribution in [2.45, 2.75) is 62.8 Å². The summed E-state index contributed by atoms with van der Waals surface area (Å²) in [6, 6.07) is 0. The molecule has 0 amide bonds. The van der Waals surface area contributed by atoms with Gasteiger partial charge in [0.2, 0.25) is 0 Å². The molecule has 0 unspecified atom stereocenters. The molecule has 0 saturated carbocycles. The Morgan fingerprint density at radius 3 is 1.24 bits per heavy atom. The summed E-state index contributed by atoms with van der Waals surface area (Å²) in [6.45, 7) is 15.2. The monoisotopic (exact) mass is 314 g/mol. The van der Waals surface area contributed by atoms with Crippen LogP contribution in [0.4, 0.5) is 0 Å². The number of ketones is 1. The van der Waals surface area contributed by atoms with Gasteiger partial charge in [0.1, 0.15) is 5.78 Å². The maximum atomic E-state index is 11.2. The molecule has 0 aliphatic heterocycles. The molecule has 0 N–H and O–H groups in total. The molecular formula is C14H29O2Rb. The zero-order chi connectivity index (χ0) is 12.9. The fourth-order valence-electron chi connectivity index (χ4n) is 0.866. The zero-order valence-electron chi connectivity index (χ0n) is 12.4. The van der Waals surface area contributed by atoms with Crippen molar-refractivity contribution in [2.75, 3.05) is 0 Å². The summed E-state index contributed by atoms with van der Waals surface area (Å²) in [5.41, 5.74) is -0.422. The van der Waals surface area contributed by atoms with Crippen molar-refractivity contribution in [1.82, 2.24) is 0 Å². The summed E-state index contributed by atoms with van der Waals surface area (Å²) in [5, 5.41) is 0. The molecule has 0 aromatic heterocycles. The Morgan fingerprint density at radius 2 is 1.24 bits per heavy atom. The number of hydrogen-bond acceptors (Lipinski definition) is 2. The van der Waals surface area contributed by atoms with Crippen molar-refractivity contribution in [1.29, 1.82) is 0 Å². The quantitative estimate of drug-likeness (QED) is 0.678. The minimum atomic E-state index is -0.264. The van der Waals surface area contributed by atoms with Crippen LogP contribution in [-0.2, 0) is 9.59 Å². The molecule has 0 rings (SSSR count). The Hall–Kier alpha value is 1.15. The molecule has 0 spiro atoms. The molecule has 2 nitrogen and oxygen atoms in total. The summed E-state index contributed by atoms with van der Waals surface area (Å²) >= 11 is 0. The van der Waals surface area contributed by atoms with Gasteiger partial charge in [-0.25, -0.2) is 0 Å². The molecular weight excluding hydrogens is 286 g/mol. The molecule has 0 aromatic rings. The van der Waals surface area contributed by atoms with E-state index in [1.807, 2.05) is 61.7 Å². The third-order valence-electron chi connectivity index (χ3n) is 1.57. The SMILES string of the molecule is C.CC(C)(C)[C-]=O.CC(C)C(=O)C(C)(C)C.[Rb+]. The Morgan fingerprint density at radius 1 is 1.00 bits per heavy atom. The molecule has 17 heavy (non-hydrogen) atoms. The van der Waals surface area contributed by atoms with Crippen LogP contribution in [0, 0.1) is 16.7 Å². The molecule has 0 aromatic carbocycles. The number of Topliss-reactive ketones (excluding diaryl/α,β-unsaturated/α-hetero) is 1. The smallest absolute Gasteiger partial charge is 0.541 e. The summed E-state index contributed by atoms with van der Waals surface area (Å²) in [4.78, 5) is 20.9. The molecule has 0 fully saturated rings. The van der Waals surface area contributed by atoms with Gasteiger partial charge in [0.15, 0.2) is 0 Å². The number of carbonyl (C=O) groups is 1. The van der Waals surface area contributed by atoms with Crippen LogP contribution in [0.5, 0.6) is 0 Å². The maximum absolute atomic E-state index is 11.2. The van der Waals surface area contributed by atoms with Gasteiger partial charge in [-0.15, -0.1) is 5.41 Å². The topological polar surface area (TPSA) is 34.1 Å². The van der Waals surface area contributed by atoms with E-state index in [0.717, 1.165) is 0 Å². The number of hydrogen-bond donors (Lipinski definition) is 0. The minimum absolute atomic E-state index is 0. The van der Waals surface area contributed by atoms with Gasteiger partial charge in [-0.05, 0) is 0 Å². The van der Waals surface area contributed by atoms with E-state index in [4.69, 9.17) is 0 Å². The normalized spacial score (nSPS) is 10.4. The third-order valence-corrected chi connectivity index (χ3v) is 1.57. The van der Waals surface area contributed by atoms with E-state index in [2.05, 4.69) is 0 Å². The first-order valence-electron chi connectivity index (χ1n) is 5.35. The first-order chi connectivity index (χ1) is 6.41. The van der Waals surface area contributed by atoms with Crippen molar-refractivity contribution >= 4 is 12.1 Å². The predicted octanol–water partition coefficient (Wildman–Crippen LogP) is 1.04. The van der Waals surface area contributed by atoms with Gasteiger partial charge in [-0.2, -0.15) is 0 Å². The van der Waals surface area contributed by atoms with Crippen LogP contribution in [0.2, 0.25) is 0 Å². The molecule has 0 aliphatic carbocycles. The second-order valence-corrected chi connectivity index (χ2v) is 6.12.